The SMILES string of the molecule is CC(C)(C)OCc1ccc(-c2ccccc2C(N)=S)cc1. The van der Waals surface area contributed by atoms with Crippen LogP contribution in [0.3, 0.4) is 0 Å². The van der Waals surface area contributed by atoms with Crippen LogP contribution in [0.4, 0.5) is 0 Å². The summed E-state index contributed by atoms with van der Waals surface area (Å²) in [5.74, 6) is 0. The van der Waals surface area contributed by atoms with Gasteiger partial charge in [0.15, 0.2) is 0 Å². The summed E-state index contributed by atoms with van der Waals surface area (Å²) in [5.41, 5.74) is 9.90. The van der Waals surface area contributed by atoms with Crippen LogP contribution in [0.25, 0.3) is 11.1 Å². The van der Waals surface area contributed by atoms with Gasteiger partial charge in [-0.25, -0.2) is 0 Å². The smallest absolute Gasteiger partial charge is 0.104 e. The molecule has 2 nitrogen and oxygen atoms in total. The second kappa shape index (κ2) is 6.37. The van der Waals surface area contributed by atoms with Crippen molar-refractivity contribution in [2.75, 3.05) is 0 Å². The van der Waals surface area contributed by atoms with Crippen LogP contribution in [0.15, 0.2) is 48.5 Å². The summed E-state index contributed by atoms with van der Waals surface area (Å²) in [6.07, 6.45) is 0. The van der Waals surface area contributed by atoms with Crippen LogP contribution in [0, 0.1) is 0 Å². The lowest BCUT2D eigenvalue weighted by Crippen LogP contribution is -2.18. The van der Waals surface area contributed by atoms with Crippen molar-refractivity contribution < 1.29 is 4.74 Å². The van der Waals surface area contributed by atoms with Crippen LogP contribution in [0.2, 0.25) is 0 Å². The summed E-state index contributed by atoms with van der Waals surface area (Å²) in [6.45, 7) is 6.78. The van der Waals surface area contributed by atoms with E-state index >= 15 is 0 Å². The minimum Gasteiger partial charge on any atom is -0.389 e. The van der Waals surface area contributed by atoms with Crippen LogP contribution in [-0.2, 0) is 11.3 Å². The van der Waals surface area contributed by atoms with Gasteiger partial charge < -0.3 is 10.5 Å². The highest BCUT2D eigenvalue weighted by atomic mass is 32.1. The summed E-state index contributed by atoms with van der Waals surface area (Å²) in [5, 5.41) is 0. The van der Waals surface area contributed by atoms with Crippen molar-refractivity contribution >= 4 is 17.2 Å². The first-order valence-corrected chi connectivity index (χ1v) is 7.40. The van der Waals surface area contributed by atoms with Crippen molar-refractivity contribution in [2.45, 2.75) is 33.0 Å². The summed E-state index contributed by atoms with van der Waals surface area (Å²) < 4.78 is 5.78. The molecule has 0 bridgehead atoms. The number of nitrogens with two attached hydrogens (primary N) is 1. The molecule has 0 amide bonds. The van der Waals surface area contributed by atoms with E-state index < -0.39 is 0 Å². The zero-order valence-electron chi connectivity index (χ0n) is 12.7. The normalized spacial score (nSPS) is 11.4. The molecule has 0 aliphatic carbocycles. The Hall–Kier alpha value is -1.71. The monoisotopic (exact) mass is 299 g/mol. The number of hydrogen-bond donors (Lipinski definition) is 1. The van der Waals surface area contributed by atoms with Gasteiger partial charge in [-0.2, -0.15) is 0 Å². The molecule has 0 radical (unpaired) electrons. The maximum Gasteiger partial charge on any atom is 0.104 e. The largest absolute Gasteiger partial charge is 0.389 e. The summed E-state index contributed by atoms with van der Waals surface area (Å²) in [6, 6.07) is 16.3. The second-order valence-corrected chi connectivity index (χ2v) is 6.45. The maximum atomic E-state index is 5.79. The van der Waals surface area contributed by atoms with Crippen LogP contribution >= 0.6 is 12.2 Å². The number of hydrogen-bond acceptors (Lipinski definition) is 2. The molecule has 0 spiro atoms. The van der Waals surface area contributed by atoms with Crippen LogP contribution in [-0.4, -0.2) is 10.6 Å². The Kier molecular flexibility index (Phi) is 4.76. The lowest BCUT2D eigenvalue weighted by molar-refractivity contribution is -0.0149. The topological polar surface area (TPSA) is 35.2 Å². The Bertz CT molecular complexity index is 626. The fourth-order valence-corrected chi connectivity index (χ4v) is 2.21. The van der Waals surface area contributed by atoms with E-state index in [9.17, 15) is 0 Å². The molecule has 2 rings (SSSR count). The van der Waals surface area contributed by atoms with Gasteiger partial charge >= 0.3 is 0 Å². The van der Waals surface area contributed by atoms with Crippen LogP contribution < -0.4 is 5.73 Å². The average Bonchev–Trinajstić information content (AvgIpc) is 2.45. The second-order valence-electron chi connectivity index (χ2n) is 6.01. The van der Waals surface area contributed by atoms with Gasteiger partial charge in [-0.05, 0) is 37.5 Å². The van der Waals surface area contributed by atoms with Crippen molar-refractivity contribution in [3.63, 3.8) is 0 Å². The number of rotatable bonds is 4. The van der Waals surface area contributed by atoms with E-state index in [4.69, 9.17) is 22.7 Å². The van der Waals surface area contributed by atoms with Crippen LogP contribution in [0.1, 0.15) is 31.9 Å². The third-order valence-electron chi connectivity index (χ3n) is 3.13. The van der Waals surface area contributed by atoms with E-state index in [0.29, 0.717) is 11.6 Å². The van der Waals surface area contributed by atoms with E-state index in [1.165, 1.54) is 0 Å². The van der Waals surface area contributed by atoms with Crippen molar-refractivity contribution in [3.05, 3.63) is 59.7 Å². The minimum absolute atomic E-state index is 0.128. The molecule has 0 unspecified atom stereocenters. The zero-order chi connectivity index (χ0) is 15.5. The molecule has 0 atom stereocenters. The summed E-state index contributed by atoms with van der Waals surface area (Å²) >= 11 is 5.12. The molecule has 0 aromatic heterocycles. The molecule has 2 aromatic carbocycles. The number of benzene rings is 2. The molecule has 0 saturated heterocycles. The predicted molar refractivity (Wildman–Crippen MR) is 92.3 cm³/mol. The fourth-order valence-electron chi connectivity index (χ4n) is 2.03. The molecule has 0 fully saturated rings. The molecule has 0 aliphatic heterocycles. The molecule has 3 heteroatoms. The first-order chi connectivity index (χ1) is 9.87. The van der Waals surface area contributed by atoms with Gasteiger partial charge in [0.2, 0.25) is 0 Å². The van der Waals surface area contributed by atoms with Crippen molar-refractivity contribution in [1.29, 1.82) is 0 Å². The highest BCUT2D eigenvalue weighted by Gasteiger charge is 2.10. The fraction of sp³-hybridized carbons (Fsp3) is 0.278. The zero-order valence-corrected chi connectivity index (χ0v) is 13.5. The lowest BCUT2D eigenvalue weighted by atomic mass is 9.99. The lowest BCUT2D eigenvalue weighted by Gasteiger charge is -2.19. The molecule has 0 heterocycles. The third kappa shape index (κ3) is 4.38. The highest BCUT2D eigenvalue weighted by molar-refractivity contribution is 7.80. The van der Waals surface area contributed by atoms with Crippen molar-refractivity contribution in [1.82, 2.24) is 0 Å². The van der Waals surface area contributed by atoms with Gasteiger partial charge in [0.25, 0.3) is 0 Å². The van der Waals surface area contributed by atoms with Gasteiger partial charge in [-0.3, -0.25) is 0 Å². The minimum atomic E-state index is -0.128. The van der Waals surface area contributed by atoms with Gasteiger partial charge in [-0.1, -0.05) is 60.7 Å². The van der Waals surface area contributed by atoms with E-state index in [-0.39, 0.29) is 5.60 Å². The van der Waals surface area contributed by atoms with E-state index in [0.717, 1.165) is 22.3 Å². The third-order valence-corrected chi connectivity index (χ3v) is 3.35. The van der Waals surface area contributed by atoms with Crippen molar-refractivity contribution in [2.24, 2.45) is 5.73 Å². The Labute approximate surface area is 131 Å². The Morgan fingerprint density at radius 1 is 1.05 bits per heavy atom. The number of ether oxygens (including phenoxy) is 1. The molecule has 0 saturated carbocycles. The molecular formula is C18H21NOS. The molecular weight excluding hydrogens is 278 g/mol. The average molecular weight is 299 g/mol. The highest BCUT2D eigenvalue weighted by Crippen LogP contribution is 2.24. The maximum absolute atomic E-state index is 5.79. The Morgan fingerprint density at radius 2 is 1.67 bits per heavy atom. The van der Waals surface area contributed by atoms with Gasteiger partial charge in [0.05, 0.1) is 12.2 Å². The van der Waals surface area contributed by atoms with Gasteiger partial charge in [0.1, 0.15) is 4.99 Å². The predicted octanol–water partition coefficient (Wildman–Crippen LogP) is 4.30. The number of thiocarbonyl (C=S) groups is 1. The van der Waals surface area contributed by atoms with Gasteiger partial charge in [0, 0.05) is 5.56 Å². The van der Waals surface area contributed by atoms with E-state index in [1.807, 2.05) is 24.3 Å². The van der Waals surface area contributed by atoms with Gasteiger partial charge in [-0.15, -0.1) is 0 Å². The van der Waals surface area contributed by atoms with Crippen LogP contribution in [0.5, 0.6) is 0 Å². The molecule has 21 heavy (non-hydrogen) atoms. The Morgan fingerprint density at radius 3 is 2.24 bits per heavy atom. The molecule has 2 aromatic rings. The van der Waals surface area contributed by atoms with Crippen molar-refractivity contribution in [3.8, 4) is 11.1 Å². The standard InChI is InChI=1S/C18H21NOS/c1-18(2,3)20-12-13-8-10-14(11-9-13)15-6-4-5-7-16(15)17(19)21/h4-11H,12H2,1-3H3,(H2,19,21). The quantitative estimate of drug-likeness (QED) is 0.855. The molecule has 110 valence electrons. The summed E-state index contributed by atoms with van der Waals surface area (Å²) in [7, 11) is 0. The van der Waals surface area contributed by atoms with E-state index in [2.05, 4.69) is 45.0 Å². The summed E-state index contributed by atoms with van der Waals surface area (Å²) in [4.78, 5) is 0.422. The van der Waals surface area contributed by atoms with E-state index in [1.54, 1.807) is 0 Å². The Balaban J connectivity index is 2.22. The first kappa shape index (κ1) is 15.7. The molecule has 2 N–H and O–H groups in total. The first-order valence-electron chi connectivity index (χ1n) is 6.99. The molecule has 0 aliphatic rings.